The van der Waals surface area contributed by atoms with E-state index in [-0.39, 0.29) is 5.25 Å². The van der Waals surface area contributed by atoms with Gasteiger partial charge in [0, 0.05) is 12.3 Å². The van der Waals surface area contributed by atoms with Gasteiger partial charge in [0.25, 0.3) is 0 Å². The largest absolute Gasteiger partial charge is 0.317 e. The van der Waals surface area contributed by atoms with Crippen LogP contribution >= 0.6 is 0 Å². The third-order valence-electron chi connectivity index (χ3n) is 5.05. The summed E-state index contributed by atoms with van der Waals surface area (Å²) >= 11 is 0. The lowest BCUT2D eigenvalue weighted by Crippen LogP contribution is -2.46. The lowest BCUT2D eigenvalue weighted by atomic mass is 9.90. The van der Waals surface area contributed by atoms with E-state index in [4.69, 9.17) is 0 Å². The van der Waals surface area contributed by atoms with Crippen LogP contribution in [0.3, 0.4) is 0 Å². The Morgan fingerprint density at radius 2 is 1.85 bits per heavy atom. The quantitative estimate of drug-likeness (QED) is 0.839. The van der Waals surface area contributed by atoms with Gasteiger partial charge in [-0.05, 0) is 64.2 Å². The molecule has 1 N–H and O–H groups in total. The lowest BCUT2D eigenvalue weighted by molar-refractivity contribution is 0.107. The van der Waals surface area contributed by atoms with Crippen molar-refractivity contribution in [1.29, 1.82) is 0 Å². The fraction of sp³-hybridized carbons (Fsp3) is 1.00. The molecule has 0 aromatic heterocycles. The minimum atomic E-state index is -2.86. The fourth-order valence-corrected chi connectivity index (χ4v) is 4.88. The second-order valence-corrected chi connectivity index (χ2v) is 8.88. The lowest BCUT2D eigenvalue weighted by Gasteiger charge is -2.41. The highest BCUT2D eigenvalue weighted by Gasteiger charge is 2.33. The Balaban J connectivity index is 1.81. The molecule has 1 heterocycles. The Morgan fingerprint density at radius 3 is 2.45 bits per heavy atom. The molecular formula is C15H30N2O2S. The molecule has 2 aliphatic rings. The third-order valence-corrected chi connectivity index (χ3v) is 6.69. The van der Waals surface area contributed by atoms with Crippen molar-refractivity contribution in [2.45, 2.75) is 56.7 Å². The standard InChI is InChI=1S/C15H30N2O2S/c1-3-16-12-13-7-9-17(10-8-13)14-5-4-6-15(11-14)20(2,18)19/h13-16H,3-12H2,1-2H3. The van der Waals surface area contributed by atoms with E-state index in [2.05, 4.69) is 17.1 Å². The van der Waals surface area contributed by atoms with Gasteiger partial charge >= 0.3 is 0 Å². The van der Waals surface area contributed by atoms with Crippen molar-refractivity contribution >= 4 is 9.84 Å². The van der Waals surface area contributed by atoms with Gasteiger partial charge in [0.15, 0.2) is 0 Å². The zero-order valence-electron chi connectivity index (χ0n) is 13.0. The molecule has 2 rings (SSSR count). The van der Waals surface area contributed by atoms with Gasteiger partial charge in [-0.3, -0.25) is 0 Å². The molecule has 2 fully saturated rings. The number of nitrogens with one attached hydrogen (secondary N) is 1. The summed E-state index contributed by atoms with van der Waals surface area (Å²) in [5.41, 5.74) is 0. The predicted molar refractivity (Wildman–Crippen MR) is 83.7 cm³/mol. The zero-order chi connectivity index (χ0) is 14.6. The van der Waals surface area contributed by atoms with Crippen molar-refractivity contribution < 1.29 is 8.42 Å². The molecule has 1 saturated heterocycles. The summed E-state index contributed by atoms with van der Waals surface area (Å²) in [7, 11) is -2.86. The van der Waals surface area contributed by atoms with Gasteiger partial charge in [0.2, 0.25) is 0 Å². The SMILES string of the molecule is CCNCC1CCN(C2CCCC(S(C)(=O)=O)C2)CC1. The monoisotopic (exact) mass is 302 g/mol. The molecule has 4 nitrogen and oxygen atoms in total. The summed E-state index contributed by atoms with van der Waals surface area (Å²) in [6.45, 7) is 6.65. The van der Waals surface area contributed by atoms with E-state index in [0.717, 1.165) is 51.4 Å². The Labute approximate surface area is 124 Å². The topological polar surface area (TPSA) is 49.4 Å². The molecule has 118 valence electrons. The molecule has 1 saturated carbocycles. The normalized spacial score (nSPS) is 30.5. The minimum Gasteiger partial charge on any atom is -0.317 e. The second kappa shape index (κ2) is 7.23. The molecule has 0 spiro atoms. The number of likely N-dealkylation sites (tertiary alicyclic amines) is 1. The molecule has 1 aliphatic carbocycles. The summed E-state index contributed by atoms with van der Waals surface area (Å²) < 4.78 is 23.5. The number of rotatable bonds is 5. The Morgan fingerprint density at radius 1 is 1.15 bits per heavy atom. The van der Waals surface area contributed by atoms with E-state index in [1.807, 2.05) is 0 Å². The molecule has 2 atom stereocenters. The van der Waals surface area contributed by atoms with Crippen molar-refractivity contribution in [2.75, 3.05) is 32.4 Å². The van der Waals surface area contributed by atoms with Gasteiger partial charge in [-0.1, -0.05) is 13.3 Å². The van der Waals surface area contributed by atoms with Gasteiger partial charge in [-0.2, -0.15) is 0 Å². The molecule has 1 aliphatic heterocycles. The van der Waals surface area contributed by atoms with Crippen LogP contribution in [0.25, 0.3) is 0 Å². The van der Waals surface area contributed by atoms with Gasteiger partial charge in [-0.15, -0.1) is 0 Å². The summed E-state index contributed by atoms with van der Waals surface area (Å²) in [6, 6.07) is 0.503. The highest BCUT2D eigenvalue weighted by Crippen LogP contribution is 2.30. The molecule has 0 radical (unpaired) electrons. The maximum atomic E-state index is 11.8. The van der Waals surface area contributed by atoms with E-state index in [1.165, 1.54) is 25.5 Å². The highest BCUT2D eigenvalue weighted by atomic mass is 32.2. The van der Waals surface area contributed by atoms with E-state index in [0.29, 0.717) is 6.04 Å². The van der Waals surface area contributed by atoms with Crippen LogP contribution in [0.15, 0.2) is 0 Å². The highest BCUT2D eigenvalue weighted by molar-refractivity contribution is 7.91. The summed E-state index contributed by atoms with van der Waals surface area (Å²) in [5.74, 6) is 0.806. The summed E-state index contributed by atoms with van der Waals surface area (Å²) in [5, 5.41) is 3.34. The van der Waals surface area contributed by atoms with Crippen molar-refractivity contribution in [3.8, 4) is 0 Å². The van der Waals surface area contributed by atoms with Crippen LogP contribution in [0.1, 0.15) is 45.4 Å². The minimum absolute atomic E-state index is 0.0965. The smallest absolute Gasteiger partial charge is 0.150 e. The molecule has 5 heteroatoms. The maximum absolute atomic E-state index is 11.8. The first-order valence-electron chi connectivity index (χ1n) is 8.14. The first kappa shape index (κ1) is 16.2. The van der Waals surface area contributed by atoms with Gasteiger partial charge in [-0.25, -0.2) is 8.42 Å². The first-order valence-corrected chi connectivity index (χ1v) is 10.1. The van der Waals surface area contributed by atoms with E-state index in [9.17, 15) is 8.42 Å². The predicted octanol–water partition coefficient (Wildman–Crippen LogP) is 1.66. The number of hydrogen-bond acceptors (Lipinski definition) is 4. The molecule has 0 amide bonds. The van der Waals surface area contributed by atoms with Crippen molar-refractivity contribution in [1.82, 2.24) is 10.2 Å². The van der Waals surface area contributed by atoms with Crippen LogP contribution in [0.2, 0.25) is 0 Å². The molecular weight excluding hydrogens is 272 g/mol. The number of piperidine rings is 1. The average Bonchev–Trinajstić information content (AvgIpc) is 2.45. The molecule has 2 unspecified atom stereocenters. The Kier molecular flexibility index (Phi) is 5.87. The van der Waals surface area contributed by atoms with Crippen molar-refractivity contribution in [3.63, 3.8) is 0 Å². The Hall–Kier alpha value is -0.130. The molecule has 0 aromatic rings. The first-order chi connectivity index (χ1) is 9.50. The van der Waals surface area contributed by atoms with Crippen LogP contribution in [-0.2, 0) is 9.84 Å². The van der Waals surface area contributed by atoms with Crippen LogP contribution in [0.5, 0.6) is 0 Å². The van der Waals surface area contributed by atoms with Crippen molar-refractivity contribution in [2.24, 2.45) is 5.92 Å². The van der Waals surface area contributed by atoms with Gasteiger partial charge in [0.1, 0.15) is 9.84 Å². The summed E-state index contributed by atoms with van der Waals surface area (Å²) in [4.78, 5) is 2.56. The molecule has 20 heavy (non-hydrogen) atoms. The summed E-state index contributed by atoms with van der Waals surface area (Å²) in [6.07, 6.45) is 7.90. The van der Waals surface area contributed by atoms with Gasteiger partial charge < -0.3 is 10.2 Å². The Bertz CT molecular complexity index is 389. The van der Waals surface area contributed by atoms with E-state index >= 15 is 0 Å². The van der Waals surface area contributed by atoms with Crippen molar-refractivity contribution in [3.05, 3.63) is 0 Å². The van der Waals surface area contributed by atoms with Crippen LogP contribution in [-0.4, -0.2) is 57.0 Å². The van der Waals surface area contributed by atoms with E-state index < -0.39 is 9.84 Å². The van der Waals surface area contributed by atoms with Gasteiger partial charge in [0.05, 0.1) is 5.25 Å². The number of hydrogen-bond donors (Lipinski definition) is 1. The van der Waals surface area contributed by atoms with E-state index in [1.54, 1.807) is 0 Å². The van der Waals surface area contributed by atoms with Crippen LogP contribution in [0, 0.1) is 5.92 Å². The molecule has 0 bridgehead atoms. The maximum Gasteiger partial charge on any atom is 0.150 e. The van der Waals surface area contributed by atoms with Crippen LogP contribution in [0.4, 0.5) is 0 Å². The second-order valence-electron chi connectivity index (χ2n) is 6.56. The fourth-order valence-electron chi connectivity index (χ4n) is 3.71. The number of sulfone groups is 1. The molecule has 0 aromatic carbocycles. The number of nitrogens with zero attached hydrogens (tertiary/aromatic N) is 1. The zero-order valence-corrected chi connectivity index (χ0v) is 13.8. The third kappa shape index (κ3) is 4.43. The average molecular weight is 302 g/mol. The van der Waals surface area contributed by atoms with Crippen LogP contribution < -0.4 is 5.32 Å².